The first-order valence-electron chi connectivity index (χ1n) is 11.4. The van der Waals surface area contributed by atoms with Gasteiger partial charge in [0.2, 0.25) is 0 Å². The number of hydrogen-bond donors (Lipinski definition) is 0. The molecule has 4 aromatic rings. The predicted octanol–water partition coefficient (Wildman–Crippen LogP) is 7.58. The van der Waals surface area contributed by atoms with Gasteiger partial charge < -0.3 is 4.74 Å². The second-order valence-electron chi connectivity index (χ2n) is 9.11. The Labute approximate surface area is 190 Å². The molecule has 0 radical (unpaired) electrons. The molecule has 156 valence electrons. The molecular weight excluding hydrogens is 388 g/mol. The Balaban J connectivity index is 1.67. The molecule has 1 aliphatic carbocycles. The van der Waals surface area contributed by atoms with E-state index in [9.17, 15) is 0 Å². The van der Waals surface area contributed by atoms with Crippen molar-refractivity contribution < 1.29 is 4.74 Å². The van der Waals surface area contributed by atoms with Gasteiger partial charge in [-0.1, -0.05) is 108 Å². The number of ether oxygens (including phenoxy) is 1. The highest BCUT2D eigenvalue weighted by Gasteiger charge is 2.58. The normalized spacial score (nSPS) is 20.7. The van der Waals surface area contributed by atoms with Crippen molar-refractivity contribution in [3.05, 3.63) is 142 Å². The van der Waals surface area contributed by atoms with Crippen molar-refractivity contribution in [2.45, 2.75) is 31.8 Å². The summed E-state index contributed by atoms with van der Waals surface area (Å²) in [6, 6.07) is 37.2. The second-order valence-corrected chi connectivity index (χ2v) is 9.11. The quantitative estimate of drug-likeness (QED) is 0.336. The molecule has 0 saturated heterocycles. The smallest absolute Gasteiger partial charge is 0.157 e. The van der Waals surface area contributed by atoms with Gasteiger partial charge in [0, 0.05) is 17.9 Å². The number of rotatable bonds is 3. The third-order valence-corrected chi connectivity index (χ3v) is 7.04. The molecule has 1 aliphatic heterocycles. The van der Waals surface area contributed by atoms with Gasteiger partial charge >= 0.3 is 0 Å². The third kappa shape index (κ3) is 2.85. The van der Waals surface area contributed by atoms with Crippen LogP contribution in [0.1, 0.15) is 45.7 Å². The van der Waals surface area contributed by atoms with Gasteiger partial charge in [0.15, 0.2) is 5.60 Å². The van der Waals surface area contributed by atoms with E-state index in [0.717, 1.165) is 12.2 Å². The molecule has 1 nitrogen and oxygen atoms in total. The van der Waals surface area contributed by atoms with E-state index in [-0.39, 0.29) is 0 Å². The summed E-state index contributed by atoms with van der Waals surface area (Å²) < 4.78 is 6.90. The number of fused-ring (bicyclic) bond motifs is 4. The standard InChI is InChI=1S/C31H26O/c1-21-12-16-23(17-13-21)29(24-18-14-22(2)15-19-24)30-27-20-31(30,25-8-4-3-5-9-25)32-28-11-7-6-10-26(27)28/h3-19,27H,20H2,1-2H3/t27-,31+/m1/s1. The van der Waals surface area contributed by atoms with E-state index in [4.69, 9.17) is 4.74 Å². The Kier molecular flexibility index (Phi) is 4.33. The molecular formula is C31H26O. The number of para-hydroxylation sites is 1. The monoisotopic (exact) mass is 414 g/mol. The lowest BCUT2D eigenvalue weighted by Crippen LogP contribution is -2.52. The molecule has 0 aromatic heterocycles. The van der Waals surface area contributed by atoms with Gasteiger partial charge in [0.1, 0.15) is 5.75 Å². The van der Waals surface area contributed by atoms with Gasteiger partial charge in [-0.05, 0) is 47.8 Å². The fraction of sp³-hybridized carbons (Fsp3) is 0.161. The highest BCUT2D eigenvalue weighted by atomic mass is 16.5. The highest BCUT2D eigenvalue weighted by molar-refractivity contribution is 5.87. The van der Waals surface area contributed by atoms with Crippen molar-refractivity contribution in [2.75, 3.05) is 0 Å². The third-order valence-electron chi connectivity index (χ3n) is 7.04. The number of benzene rings is 4. The molecule has 1 saturated carbocycles. The molecule has 2 atom stereocenters. The van der Waals surface area contributed by atoms with Crippen LogP contribution in [-0.4, -0.2) is 0 Å². The maximum atomic E-state index is 6.90. The van der Waals surface area contributed by atoms with E-state index in [1.165, 1.54) is 44.5 Å². The summed E-state index contributed by atoms with van der Waals surface area (Å²) >= 11 is 0. The number of aryl methyl sites for hydroxylation is 2. The lowest BCUT2D eigenvalue weighted by molar-refractivity contribution is 0.0144. The highest BCUT2D eigenvalue weighted by Crippen LogP contribution is 2.65. The fourth-order valence-electron chi connectivity index (χ4n) is 5.39. The predicted molar refractivity (Wildman–Crippen MR) is 131 cm³/mol. The first-order chi connectivity index (χ1) is 15.7. The molecule has 2 aliphatic rings. The SMILES string of the molecule is Cc1ccc(C(=C2[C@@H]3C[C@@]2(c2ccccc2)Oc2ccccc23)c2ccc(C)cc2)cc1. The average molecular weight is 415 g/mol. The van der Waals surface area contributed by atoms with E-state index in [1.807, 2.05) is 0 Å². The lowest BCUT2D eigenvalue weighted by atomic mass is 9.56. The van der Waals surface area contributed by atoms with Gasteiger partial charge in [-0.2, -0.15) is 0 Å². The Bertz CT molecular complexity index is 1270. The van der Waals surface area contributed by atoms with Crippen LogP contribution in [0.15, 0.2) is 109 Å². The molecule has 2 bridgehead atoms. The van der Waals surface area contributed by atoms with Gasteiger partial charge in [-0.3, -0.25) is 0 Å². The molecule has 0 unspecified atom stereocenters. The maximum absolute atomic E-state index is 6.90. The summed E-state index contributed by atoms with van der Waals surface area (Å²) in [6.45, 7) is 4.29. The van der Waals surface area contributed by atoms with E-state index in [0.29, 0.717) is 5.92 Å². The first kappa shape index (κ1) is 19.1. The molecule has 0 amide bonds. The Morgan fingerprint density at radius 2 is 1.25 bits per heavy atom. The largest absolute Gasteiger partial charge is 0.478 e. The van der Waals surface area contributed by atoms with E-state index in [2.05, 4.69) is 117 Å². The molecule has 0 spiro atoms. The van der Waals surface area contributed by atoms with Crippen LogP contribution in [0.3, 0.4) is 0 Å². The molecule has 0 N–H and O–H groups in total. The van der Waals surface area contributed by atoms with Gasteiger partial charge in [-0.25, -0.2) is 0 Å². The van der Waals surface area contributed by atoms with Crippen molar-refractivity contribution in [1.29, 1.82) is 0 Å². The molecule has 4 aromatic carbocycles. The summed E-state index contributed by atoms with van der Waals surface area (Å²) in [6.07, 6.45) is 0.977. The summed E-state index contributed by atoms with van der Waals surface area (Å²) in [5.41, 5.74) is 9.85. The van der Waals surface area contributed by atoms with Crippen LogP contribution in [0, 0.1) is 13.8 Å². The van der Waals surface area contributed by atoms with Crippen LogP contribution in [0.2, 0.25) is 0 Å². The zero-order chi connectivity index (χ0) is 21.7. The molecule has 6 rings (SSSR count). The number of hydrogen-bond acceptors (Lipinski definition) is 1. The van der Waals surface area contributed by atoms with E-state index >= 15 is 0 Å². The Morgan fingerprint density at radius 3 is 1.88 bits per heavy atom. The van der Waals surface area contributed by atoms with Crippen molar-refractivity contribution in [2.24, 2.45) is 0 Å². The molecule has 1 heteroatoms. The Hall–Kier alpha value is -3.58. The van der Waals surface area contributed by atoms with Crippen LogP contribution in [0.5, 0.6) is 5.75 Å². The Morgan fingerprint density at radius 1 is 0.688 bits per heavy atom. The van der Waals surface area contributed by atoms with Crippen molar-refractivity contribution >= 4 is 5.57 Å². The van der Waals surface area contributed by atoms with Crippen LogP contribution in [-0.2, 0) is 5.60 Å². The second kappa shape index (κ2) is 7.24. The summed E-state index contributed by atoms with van der Waals surface area (Å²) in [5.74, 6) is 1.38. The zero-order valence-corrected chi connectivity index (χ0v) is 18.5. The lowest BCUT2D eigenvalue weighted by Gasteiger charge is -2.56. The molecule has 32 heavy (non-hydrogen) atoms. The molecule has 1 heterocycles. The van der Waals surface area contributed by atoms with Crippen molar-refractivity contribution in [3.8, 4) is 5.75 Å². The minimum atomic E-state index is -0.425. The minimum absolute atomic E-state index is 0.359. The van der Waals surface area contributed by atoms with Crippen LogP contribution in [0.4, 0.5) is 0 Å². The van der Waals surface area contributed by atoms with Crippen molar-refractivity contribution in [3.63, 3.8) is 0 Å². The van der Waals surface area contributed by atoms with Crippen molar-refractivity contribution in [1.82, 2.24) is 0 Å². The zero-order valence-electron chi connectivity index (χ0n) is 18.5. The summed E-state index contributed by atoms with van der Waals surface area (Å²) in [4.78, 5) is 0. The van der Waals surface area contributed by atoms with E-state index in [1.54, 1.807) is 0 Å². The van der Waals surface area contributed by atoms with Crippen LogP contribution in [0.25, 0.3) is 5.57 Å². The maximum Gasteiger partial charge on any atom is 0.157 e. The topological polar surface area (TPSA) is 9.23 Å². The van der Waals surface area contributed by atoms with Gasteiger partial charge in [0.25, 0.3) is 0 Å². The van der Waals surface area contributed by atoms with E-state index < -0.39 is 5.60 Å². The van der Waals surface area contributed by atoms with Gasteiger partial charge in [-0.15, -0.1) is 0 Å². The average Bonchev–Trinajstić information content (AvgIpc) is 2.83. The van der Waals surface area contributed by atoms with Crippen LogP contribution >= 0.6 is 0 Å². The minimum Gasteiger partial charge on any atom is -0.478 e. The van der Waals surface area contributed by atoms with Crippen LogP contribution < -0.4 is 4.74 Å². The summed E-state index contributed by atoms with van der Waals surface area (Å²) in [5, 5.41) is 0. The fourth-order valence-corrected chi connectivity index (χ4v) is 5.39. The van der Waals surface area contributed by atoms with Gasteiger partial charge in [0.05, 0.1) is 0 Å². The molecule has 1 fully saturated rings. The summed E-state index contributed by atoms with van der Waals surface area (Å²) in [7, 11) is 0. The first-order valence-corrected chi connectivity index (χ1v) is 11.4.